The smallest absolute Gasteiger partial charge is 0.0198 e. The summed E-state index contributed by atoms with van der Waals surface area (Å²) in [5, 5.41) is 7.45. The highest BCUT2D eigenvalue weighted by atomic mass is 15.0. The van der Waals surface area contributed by atoms with Crippen LogP contribution in [0.1, 0.15) is 52.4 Å². The number of rotatable bonds is 5. The standard InChI is InChI=1S/C14H28N2/c1-3-11(2)9-15-10-13-8-12-6-4-5-7-14(12)16-13/h11-16H,3-10H2,1-2H3. The summed E-state index contributed by atoms with van der Waals surface area (Å²) in [6.07, 6.45) is 8.51. The van der Waals surface area contributed by atoms with Gasteiger partial charge < -0.3 is 10.6 Å². The average molecular weight is 224 g/mol. The Morgan fingerprint density at radius 1 is 1.31 bits per heavy atom. The van der Waals surface area contributed by atoms with Gasteiger partial charge in [0.2, 0.25) is 0 Å². The summed E-state index contributed by atoms with van der Waals surface area (Å²) in [5.41, 5.74) is 0. The molecule has 2 aliphatic rings. The van der Waals surface area contributed by atoms with Crippen LogP contribution in [0.2, 0.25) is 0 Å². The normalized spacial score (nSPS) is 36.0. The van der Waals surface area contributed by atoms with Crippen molar-refractivity contribution in [2.45, 2.75) is 64.5 Å². The van der Waals surface area contributed by atoms with E-state index < -0.39 is 0 Å². The van der Waals surface area contributed by atoms with Crippen LogP contribution < -0.4 is 10.6 Å². The van der Waals surface area contributed by atoms with Gasteiger partial charge in [0, 0.05) is 18.6 Å². The highest BCUT2D eigenvalue weighted by molar-refractivity contribution is 4.93. The van der Waals surface area contributed by atoms with Crippen LogP contribution in [-0.2, 0) is 0 Å². The van der Waals surface area contributed by atoms with E-state index in [0.717, 1.165) is 23.9 Å². The van der Waals surface area contributed by atoms with Crippen molar-refractivity contribution in [2.24, 2.45) is 11.8 Å². The third kappa shape index (κ3) is 3.21. The molecule has 0 radical (unpaired) electrons. The minimum atomic E-state index is 0.747. The van der Waals surface area contributed by atoms with Gasteiger partial charge in [0.05, 0.1) is 0 Å². The lowest BCUT2D eigenvalue weighted by Gasteiger charge is -2.24. The van der Waals surface area contributed by atoms with Crippen molar-refractivity contribution in [2.75, 3.05) is 13.1 Å². The molecule has 0 bridgehead atoms. The average Bonchev–Trinajstić information content (AvgIpc) is 2.71. The molecule has 1 heterocycles. The van der Waals surface area contributed by atoms with Gasteiger partial charge in [-0.2, -0.15) is 0 Å². The van der Waals surface area contributed by atoms with Gasteiger partial charge in [-0.1, -0.05) is 33.1 Å². The molecule has 2 heteroatoms. The van der Waals surface area contributed by atoms with Gasteiger partial charge in [0.25, 0.3) is 0 Å². The van der Waals surface area contributed by atoms with Crippen molar-refractivity contribution in [1.82, 2.24) is 10.6 Å². The summed E-state index contributed by atoms with van der Waals surface area (Å²) in [4.78, 5) is 0. The first-order valence-electron chi connectivity index (χ1n) is 7.26. The molecule has 0 aromatic rings. The molecule has 4 atom stereocenters. The van der Waals surface area contributed by atoms with Crippen molar-refractivity contribution in [3.8, 4) is 0 Å². The second-order valence-corrected chi connectivity index (χ2v) is 5.92. The predicted octanol–water partition coefficient (Wildman–Crippen LogP) is 2.54. The molecule has 94 valence electrons. The second-order valence-electron chi connectivity index (χ2n) is 5.92. The van der Waals surface area contributed by atoms with Crippen LogP contribution in [-0.4, -0.2) is 25.2 Å². The van der Waals surface area contributed by atoms with Crippen molar-refractivity contribution in [3.63, 3.8) is 0 Å². The summed E-state index contributed by atoms with van der Waals surface area (Å²) < 4.78 is 0. The van der Waals surface area contributed by atoms with Crippen molar-refractivity contribution in [3.05, 3.63) is 0 Å². The third-order valence-electron chi connectivity index (χ3n) is 4.53. The molecule has 0 aromatic heterocycles. The lowest BCUT2D eigenvalue weighted by molar-refractivity contribution is 0.325. The van der Waals surface area contributed by atoms with Crippen molar-refractivity contribution in [1.29, 1.82) is 0 Å². The molecule has 1 aliphatic carbocycles. The van der Waals surface area contributed by atoms with E-state index in [4.69, 9.17) is 0 Å². The van der Waals surface area contributed by atoms with E-state index in [1.54, 1.807) is 0 Å². The Bertz CT molecular complexity index is 191. The molecule has 2 nitrogen and oxygen atoms in total. The van der Waals surface area contributed by atoms with E-state index in [-0.39, 0.29) is 0 Å². The summed E-state index contributed by atoms with van der Waals surface area (Å²) in [6, 6.07) is 1.60. The molecule has 0 amide bonds. The molecule has 1 saturated carbocycles. The van der Waals surface area contributed by atoms with Crippen molar-refractivity contribution >= 4 is 0 Å². The van der Waals surface area contributed by atoms with Crippen LogP contribution in [0.3, 0.4) is 0 Å². The topological polar surface area (TPSA) is 24.1 Å². The van der Waals surface area contributed by atoms with E-state index in [0.29, 0.717) is 0 Å². The van der Waals surface area contributed by atoms with Crippen molar-refractivity contribution < 1.29 is 0 Å². The Balaban J connectivity index is 1.64. The fourth-order valence-electron chi connectivity index (χ4n) is 3.24. The van der Waals surface area contributed by atoms with Crippen LogP contribution in [0.5, 0.6) is 0 Å². The Morgan fingerprint density at radius 2 is 2.12 bits per heavy atom. The summed E-state index contributed by atoms with van der Waals surface area (Å²) in [7, 11) is 0. The number of nitrogens with one attached hydrogen (secondary N) is 2. The van der Waals surface area contributed by atoms with Crippen LogP contribution in [0.15, 0.2) is 0 Å². The molecule has 1 saturated heterocycles. The zero-order chi connectivity index (χ0) is 11.4. The first-order valence-corrected chi connectivity index (χ1v) is 7.26. The van der Waals surface area contributed by atoms with E-state index in [9.17, 15) is 0 Å². The lowest BCUT2D eigenvalue weighted by atomic mass is 9.85. The number of hydrogen-bond donors (Lipinski definition) is 2. The zero-order valence-corrected chi connectivity index (χ0v) is 11.0. The second kappa shape index (κ2) is 6.02. The molecule has 1 aliphatic heterocycles. The number of hydrogen-bond acceptors (Lipinski definition) is 2. The summed E-state index contributed by atoms with van der Waals surface area (Å²) >= 11 is 0. The largest absolute Gasteiger partial charge is 0.315 e. The molecular formula is C14H28N2. The maximum atomic E-state index is 3.82. The molecule has 4 unspecified atom stereocenters. The van der Waals surface area contributed by atoms with E-state index in [1.807, 2.05) is 0 Å². The highest BCUT2D eigenvalue weighted by Crippen LogP contribution is 2.32. The molecule has 2 N–H and O–H groups in total. The Labute approximate surface area is 101 Å². The van der Waals surface area contributed by atoms with Crippen LogP contribution in [0.25, 0.3) is 0 Å². The van der Waals surface area contributed by atoms with E-state index in [1.165, 1.54) is 51.6 Å². The maximum absolute atomic E-state index is 3.82. The first-order chi connectivity index (χ1) is 7.79. The van der Waals surface area contributed by atoms with E-state index >= 15 is 0 Å². The Kier molecular flexibility index (Phi) is 4.66. The fourth-order valence-corrected chi connectivity index (χ4v) is 3.24. The first kappa shape index (κ1) is 12.4. The molecular weight excluding hydrogens is 196 g/mol. The molecule has 0 aromatic carbocycles. The minimum Gasteiger partial charge on any atom is -0.315 e. The van der Waals surface area contributed by atoms with Gasteiger partial charge in [-0.25, -0.2) is 0 Å². The highest BCUT2D eigenvalue weighted by Gasteiger charge is 2.34. The molecule has 2 rings (SSSR count). The van der Waals surface area contributed by atoms with Gasteiger partial charge in [0.1, 0.15) is 0 Å². The minimum absolute atomic E-state index is 0.747. The van der Waals surface area contributed by atoms with Gasteiger partial charge in [-0.3, -0.25) is 0 Å². The molecule has 2 fully saturated rings. The Morgan fingerprint density at radius 3 is 2.88 bits per heavy atom. The van der Waals surface area contributed by atoms with Gasteiger partial charge in [-0.05, 0) is 37.6 Å². The monoisotopic (exact) mass is 224 g/mol. The zero-order valence-electron chi connectivity index (χ0n) is 11.0. The van der Waals surface area contributed by atoms with Gasteiger partial charge in [0.15, 0.2) is 0 Å². The van der Waals surface area contributed by atoms with Crippen LogP contribution >= 0.6 is 0 Å². The molecule has 0 spiro atoms. The maximum Gasteiger partial charge on any atom is 0.0198 e. The summed E-state index contributed by atoms with van der Waals surface area (Å²) in [6.45, 7) is 6.96. The van der Waals surface area contributed by atoms with Crippen LogP contribution in [0, 0.1) is 11.8 Å². The summed E-state index contributed by atoms with van der Waals surface area (Å²) in [5.74, 6) is 1.81. The Hall–Kier alpha value is -0.0800. The quantitative estimate of drug-likeness (QED) is 0.750. The van der Waals surface area contributed by atoms with Gasteiger partial charge in [-0.15, -0.1) is 0 Å². The predicted molar refractivity (Wildman–Crippen MR) is 69.6 cm³/mol. The molecule has 16 heavy (non-hydrogen) atoms. The SMILES string of the molecule is CCC(C)CNCC1CC2CCCCC2N1. The lowest BCUT2D eigenvalue weighted by Crippen LogP contribution is -2.39. The van der Waals surface area contributed by atoms with Gasteiger partial charge >= 0.3 is 0 Å². The third-order valence-corrected chi connectivity index (χ3v) is 4.53. The van der Waals surface area contributed by atoms with E-state index in [2.05, 4.69) is 24.5 Å². The fraction of sp³-hybridized carbons (Fsp3) is 1.00. The number of fused-ring (bicyclic) bond motifs is 1. The van der Waals surface area contributed by atoms with Crippen LogP contribution in [0.4, 0.5) is 0 Å².